The first kappa shape index (κ1) is 12.2. The van der Waals surface area contributed by atoms with Gasteiger partial charge in [-0.05, 0) is 43.4 Å². The summed E-state index contributed by atoms with van der Waals surface area (Å²) in [5.41, 5.74) is 2.06. The first-order valence-corrected chi connectivity index (χ1v) is 6.41. The molecule has 17 heavy (non-hydrogen) atoms. The van der Waals surface area contributed by atoms with Crippen molar-refractivity contribution < 1.29 is 9.53 Å². The maximum atomic E-state index is 11.7. The Kier molecular flexibility index (Phi) is 3.82. The molecule has 0 aliphatic heterocycles. The molecule has 2 nitrogen and oxygen atoms in total. The standard InChI is InChI=1S/C15H20O2/c1-11(16)15-10-13(17-2)8-9-14(15)12-6-4-3-5-7-12/h8-10,12H,3-7H2,1-2H3. The molecule has 0 saturated heterocycles. The molecule has 1 saturated carbocycles. The SMILES string of the molecule is COc1ccc(C2CCCCC2)c(C(C)=O)c1. The second-order valence-electron chi connectivity index (χ2n) is 4.84. The zero-order valence-corrected chi connectivity index (χ0v) is 10.7. The fourth-order valence-corrected chi connectivity index (χ4v) is 2.74. The fourth-order valence-electron chi connectivity index (χ4n) is 2.74. The van der Waals surface area contributed by atoms with E-state index < -0.39 is 0 Å². The summed E-state index contributed by atoms with van der Waals surface area (Å²) in [6, 6.07) is 5.92. The fraction of sp³-hybridized carbons (Fsp3) is 0.533. The van der Waals surface area contributed by atoms with E-state index in [-0.39, 0.29) is 5.78 Å². The highest BCUT2D eigenvalue weighted by Gasteiger charge is 2.20. The molecule has 1 aliphatic rings. The maximum absolute atomic E-state index is 11.7. The van der Waals surface area contributed by atoms with Crippen molar-refractivity contribution in [1.82, 2.24) is 0 Å². The van der Waals surface area contributed by atoms with Crippen LogP contribution in [0, 0.1) is 0 Å². The van der Waals surface area contributed by atoms with Gasteiger partial charge in [0.2, 0.25) is 0 Å². The molecular weight excluding hydrogens is 212 g/mol. The third-order valence-corrected chi connectivity index (χ3v) is 3.68. The van der Waals surface area contributed by atoms with Gasteiger partial charge in [0, 0.05) is 5.56 Å². The number of rotatable bonds is 3. The number of methoxy groups -OCH3 is 1. The Morgan fingerprint density at radius 1 is 1.24 bits per heavy atom. The lowest BCUT2D eigenvalue weighted by molar-refractivity contribution is 0.101. The van der Waals surface area contributed by atoms with E-state index in [1.165, 1.54) is 37.7 Å². The van der Waals surface area contributed by atoms with Gasteiger partial charge in [-0.3, -0.25) is 4.79 Å². The number of hydrogen-bond acceptors (Lipinski definition) is 2. The Labute approximate surface area is 103 Å². The lowest BCUT2D eigenvalue weighted by atomic mass is 9.81. The van der Waals surface area contributed by atoms with Crippen LogP contribution in [0.25, 0.3) is 0 Å². The molecule has 0 amide bonds. The minimum atomic E-state index is 0.143. The van der Waals surface area contributed by atoms with E-state index >= 15 is 0 Å². The number of hydrogen-bond donors (Lipinski definition) is 0. The van der Waals surface area contributed by atoms with Crippen LogP contribution in [0.1, 0.15) is 60.9 Å². The van der Waals surface area contributed by atoms with Gasteiger partial charge in [0.25, 0.3) is 0 Å². The summed E-state index contributed by atoms with van der Waals surface area (Å²) in [7, 11) is 1.64. The summed E-state index contributed by atoms with van der Waals surface area (Å²) in [6.07, 6.45) is 6.34. The average molecular weight is 232 g/mol. The molecule has 1 fully saturated rings. The zero-order chi connectivity index (χ0) is 12.3. The summed E-state index contributed by atoms with van der Waals surface area (Å²) in [5.74, 6) is 1.48. The number of carbonyl (C=O) groups excluding carboxylic acids is 1. The molecule has 0 bridgehead atoms. The third kappa shape index (κ3) is 2.68. The van der Waals surface area contributed by atoms with Crippen LogP contribution in [0.5, 0.6) is 5.75 Å². The van der Waals surface area contributed by atoms with Gasteiger partial charge < -0.3 is 4.74 Å². The Morgan fingerprint density at radius 3 is 2.53 bits per heavy atom. The predicted molar refractivity (Wildman–Crippen MR) is 68.8 cm³/mol. The minimum absolute atomic E-state index is 0.143. The maximum Gasteiger partial charge on any atom is 0.160 e. The zero-order valence-electron chi connectivity index (χ0n) is 10.7. The van der Waals surface area contributed by atoms with Gasteiger partial charge in [0.15, 0.2) is 5.78 Å². The molecule has 1 aromatic carbocycles. The molecule has 0 atom stereocenters. The molecule has 0 unspecified atom stereocenters. The second kappa shape index (κ2) is 5.35. The number of ether oxygens (including phenoxy) is 1. The summed E-state index contributed by atoms with van der Waals surface area (Å²) < 4.78 is 5.20. The van der Waals surface area contributed by atoms with Crippen LogP contribution in [0.3, 0.4) is 0 Å². The molecule has 0 heterocycles. The molecule has 0 aromatic heterocycles. The van der Waals surface area contributed by atoms with E-state index in [0.717, 1.165) is 11.3 Å². The van der Waals surface area contributed by atoms with Gasteiger partial charge in [-0.25, -0.2) is 0 Å². The molecule has 1 aromatic rings. The molecule has 2 heteroatoms. The van der Waals surface area contributed by atoms with Crippen molar-refractivity contribution in [2.75, 3.05) is 7.11 Å². The Hall–Kier alpha value is -1.31. The van der Waals surface area contributed by atoms with Gasteiger partial charge >= 0.3 is 0 Å². The molecule has 0 N–H and O–H groups in total. The summed E-state index contributed by atoms with van der Waals surface area (Å²) in [4.78, 5) is 11.7. The monoisotopic (exact) mass is 232 g/mol. The van der Waals surface area contributed by atoms with Crippen LogP contribution < -0.4 is 4.74 Å². The van der Waals surface area contributed by atoms with E-state index in [1.54, 1.807) is 14.0 Å². The largest absolute Gasteiger partial charge is 0.497 e. The lowest BCUT2D eigenvalue weighted by Gasteiger charge is -2.24. The molecule has 92 valence electrons. The highest BCUT2D eigenvalue weighted by molar-refractivity contribution is 5.96. The first-order valence-electron chi connectivity index (χ1n) is 6.41. The van der Waals surface area contributed by atoms with Crippen LogP contribution in [0.2, 0.25) is 0 Å². The van der Waals surface area contributed by atoms with E-state index in [1.807, 2.05) is 12.1 Å². The molecule has 0 spiro atoms. The topological polar surface area (TPSA) is 26.3 Å². The van der Waals surface area contributed by atoms with Crippen LogP contribution in [-0.2, 0) is 0 Å². The molecule has 2 rings (SSSR count). The van der Waals surface area contributed by atoms with Crippen LogP contribution in [0.15, 0.2) is 18.2 Å². The summed E-state index contributed by atoms with van der Waals surface area (Å²) in [5, 5.41) is 0. The number of Topliss-reactive ketones (excluding diaryl/α,β-unsaturated/α-hetero) is 1. The average Bonchev–Trinajstić information content (AvgIpc) is 2.39. The Bertz CT molecular complexity index is 403. The quantitative estimate of drug-likeness (QED) is 0.738. The van der Waals surface area contributed by atoms with Crippen LogP contribution in [0.4, 0.5) is 0 Å². The van der Waals surface area contributed by atoms with Gasteiger partial charge in [-0.2, -0.15) is 0 Å². The van der Waals surface area contributed by atoms with Crippen molar-refractivity contribution in [2.24, 2.45) is 0 Å². The lowest BCUT2D eigenvalue weighted by Crippen LogP contribution is -2.09. The second-order valence-corrected chi connectivity index (χ2v) is 4.84. The van der Waals surface area contributed by atoms with Crippen LogP contribution in [-0.4, -0.2) is 12.9 Å². The highest BCUT2D eigenvalue weighted by atomic mass is 16.5. The highest BCUT2D eigenvalue weighted by Crippen LogP contribution is 2.35. The van der Waals surface area contributed by atoms with E-state index in [4.69, 9.17) is 4.74 Å². The molecule has 1 aliphatic carbocycles. The smallest absolute Gasteiger partial charge is 0.160 e. The van der Waals surface area contributed by atoms with E-state index in [9.17, 15) is 4.79 Å². The first-order chi connectivity index (χ1) is 8.22. The third-order valence-electron chi connectivity index (χ3n) is 3.68. The molecular formula is C15H20O2. The summed E-state index contributed by atoms with van der Waals surface area (Å²) >= 11 is 0. The van der Waals surface area contributed by atoms with Gasteiger partial charge in [-0.1, -0.05) is 25.3 Å². The number of carbonyl (C=O) groups is 1. The Morgan fingerprint density at radius 2 is 1.94 bits per heavy atom. The minimum Gasteiger partial charge on any atom is -0.497 e. The number of benzene rings is 1. The van der Waals surface area contributed by atoms with E-state index in [0.29, 0.717) is 5.92 Å². The van der Waals surface area contributed by atoms with Gasteiger partial charge in [0.05, 0.1) is 7.11 Å². The van der Waals surface area contributed by atoms with Crippen molar-refractivity contribution in [2.45, 2.75) is 44.9 Å². The van der Waals surface area contributed by atoms with Gasteiger partial charge in [-0.15, -0.1) is 0 Å². The van der Waals surface area contributed by atoms with Crippen LogP contribution >= 0.6 is 0 Å². The van der Waals surface area contributed by atoms with Crippen molar-refractivity contribution in [3.05, 3.63) is 29.3 Å². The summed E-state index contributed by atoms with van der Waals surface area (Å²) in [6.45, 7) is 1.64. The van der Waals surface area contributed by atoms with Crippen molar-refractivity contribution in [3.8, 4) is 5.75 Å². The number of ketones is 1. The van der Waals surface area contributed by atoms with Crippen molar-refractivity contribution in [1.29, 1.82) is 0 Å². The van der Waals surface area contributed by atoms with Gasteiger partial charge in [0.1, 0.15) is 5.75 Å². The Balaban J connectivity index is 2.34. The van der Waals surface area contributed by atoms with Crippen molar-refractivity contribution in [3.63, 3.8) is 0 Å². The predicted octanol–water partition coefficient (Wildman–Crippen LogP) is 3.95. The normalized spacial score (nSPS) is 16.8. The van der Waals surface area contributed by atoms with E-state index in [2.05, 4.69) is 6.07 Å². The molecule has 0 radical (unpaired) electrons. The van der Waals surface area contributed by atoms with Crippen molar-refractivity contribution >= 4 is 5.78 Å².